The molecular weight excluding hydrogens is 288 g/mol. The summed E-state index contributed by atoms with van der Waals surface area (Å²) >= 11 is 0. The molecule has 1 saturated carbocycles. The minimum atomic E-state index is -0.555. The Kier molecular flexibility index (Phi) is 4.98. The molecule has 0 saturated heterocycles. The lowest BCUT2D eigenvalue weighted by Crippen LogP contribution is -2.42. The molecule has 1 aliphatic rings. The highest BCUT2D eigenvalue weighted by atomic mass is 16.5. The Balaban J connectivity index is 1.88. The number of methoxy groups -OCH3 is 1. The van der Waals surface area contributed by atoms with Gasteiger partial charge in [0.25, 0.3) is 5.91 Å². The van der Waals surface area contributed by atoms with Crippen LogP contribution in [0, 0.1) is 6.92 Å². The summed E-state index contributed by atoms with van der Waals surface area (Å²) < 4.78 is 9.98. The third kappa shape index (κ3) is 4.47. The first kappa shape index (κ1) is 15.8. The van der Waals surface area contributed by atoms with Crippen molar-refractivity contribution < 1.29 is 23.9 Å². The number of aryl methyl sites for hydroxylation is 1. The molecule has 0 radical (unpaired) electrons. The fourth-order valence-electron chi connectivity index (χ4n) is 1.76. The fourth-order valence-corrected chi connectivity index (χ4v) is 1.76. The van der Waals surface area contributed by atoms with Crippen molar-refractivity contribution in [1.82, 2.24) is 10.6 Å². The van der Waals surface area contributed by atoms with E-state index in [1.807, 2.05) is 0 Å². The summed E-state index contributed by atoms with van der Waals surface area (Å²) in [7, 11) is 1.29. The Labute approximate surface area is 128 Å². The van der Waals surface area contributed by atoms with Crippen molar-refractivity contribution in [3.8, 4) is 5.75 Å². The fraction of sp³-hybridized carbons (Fsp3) is 0.400. The second kappa shape index (κ2) is 6.93. The maximum absolute atomic E-state index is 11.6. The number of esters is 1. The average Bonchev–Trinajstić information content (AvgIpc) is 3.29. The van der Waals surface area contributed by atoms with Crippen molar-refractivity contribution in [3.63, 3.8) is 0 Å². The Bertz CT molecular complexity index is 596. The van der Waals surface area contributed by atoms with Gasteiger partial charge in [0.05, 0.1) is 12.7 Å². The molecule has 2 N–H and O–H groups in total. The zero-order valence-corrected chi connectivity index (χ0v) is 12.5. The van der Waals surface area contributed by atoms with Gasteiger partial charge >= 0.3 is 12.0 Å². The van der Waals surface area contributed by atoms with Gasteiger partial charge in [-0.15, -0.1) is 0 Å². The van der Waals surface area contributed by atoms with Gasteiger partial charge in [-0.2, -0.15) is 0 Å². The Hall–Kier alpha value is -2.57. The molecule has 7 nitrogen and oxygen atoms in total. The van der Waals surface area contributed by atoms with Crippen LogP contribution in [0.25, 0.3) is 0 Å². The summed E-state index contributed by atoms with van der Waals surface area (Å²) in [6, 6.07) is 4.46. The summed E-state index contributed by atoms with van der Waals surface area (Å²) in [5, 5.41) is 4.82. The summed E-state index contributed by atoms with van der Waals surface area (Å²) in [5.74, 6) is -0.653. The number of ether oxygens (including phenoxy) is 2. The number of amides is 3. The molecule has 118 valence electrons. The minimum Gasteiger partial charge on any atom is -0.483 e. The lowest BCUT2D eigenvalue weighted by atomic mass is 10.1. The largest absolute Gasteiger partial charge is 0.483 e. The Morgan fingerprint density at radius 3 is 2.64 bits per heavy atom. The number of imide groups is 1. The van der Waals surface area contributed by atoms with E-state index in [0.29, 0.717) is 11.3 Å². The predicted molar refractivity (Wildman–Crippen MR) is 77.7 cm³/mol. The number of hydrogen-bond donors (Lipinski definition) is 2. The monoisotopic (exact) mass is 306 g/mol. The van der Waals surface area contributed by atoms with Crippen molar-refractivity contribution in [2.24, 2.45) is 0 Å². The average molecular weight is 306 g/mol. The van der Waals surface area contributed by atoms with Crippen molar-refractivity contribution in [3.05, 3.63) is 29.3 Å². The lowest BCUT2D eigenvalue weighted by Gasteiger charge is -2.10. The molecule has 0 aromatic heterocycles. The summed E-state index contributed by atoms with van der Waals surface area (Å²) in [6.45, 7) is 1.47. The zero-order valence-electron chi connectivity index (χ0n) is 12.5. The van der Waals surface area contributed by atoms with Crippen molar-refractivity contribution >= 4 is 17.9 Å². The standard InChI is InChI=1S/C15H18N2O5/c1-9-3-4-10(14(19)21-2)7-12(9)22-8-13(18)17-15(20)16-11-5-6-11/h3-4,7,11H,5-6,8H2,1-2H3,(H2,16,17,18,20). The van der Waals surface area contributed by atoms with Gasteiger partial charge < -0.3 is 14.8 Å². The van der Waals surface area contributed by atoms with E-state index in [1.54, 1.807) is 19.1 Å². The van der Waals surface area contributed by atoms with Crippen molar-refractivity contribution in [2.45, 2.75) is 25.8 Å². The second-order valence-electron chi connectivity index (χ2n) is 5.06. The van der Waals surface area contributed by atoms with E-state index < -0.39 is 17.9 Å². The van der Waals surface area contributed by atoms with E-state index in [2.05, 4.69) is 15.4 Å². The van der Waals surface area contributed by atoms with Gasteiger partial charge in [-0.1, -0.05) is 6.07 Å². The van der Waals surface area contributed by atoms with Crippen molar-refractivity contribution in [2.75, 3.05) is 13.7 Å². The van der Waals surface area contributed by atoms with Crippen LogP contribution in [-0.2, 0) is 9.53 Å². The maximum atomic E-state index is 11.6. The SMILES string of the molecule is COC(=O)c1ccc(C)c(OCC(=O)NC(=O)NC2CC2)c1. The molecule has 0 heterocycles. The first-order valence-corrected chi connectivity index (χ1v) is 6.91. The number of carbonyl (C=O) groups excluding carboxylic acids is 3. The van der Waals surface area contributed by atoms with E-state index in [-0.39, 0.29) is 12.6 Å². The maximum Gasteiger partial charge on any atom is 0.337 e. The molecule has 0 aliphatic heterocycles. The van der Waals surface area contributed by atoms with Crippen LogP contribution in [0.2, 0.25) is 0 Å². The van der Waals surface area contributed by atoms with Gasteiger partial charge in [-0.3, -0.25) is 10.1 Å². The van der Waals surface area contributed by atoms with E-state index in [0.717, 1.165) is 18.4 Å². The third-order valence-electron chi connectivity index (χ3n) is 3.13. The molecule has 2 rings (SSSR count). The molecule has 1 aromatic carbocycles. The Morgan fingerprint density at radius 2 is 2.00 bits per heavy atom. The van der Waals surface area contributed by atoms with Crippen LogP contribution in [0.15, 0.2) is 18.2 Å². The number of rotatable bonds is 5. The molecule has 7 heteroatoms. The summed E-state index contributed by atoms with van der Waals surface area (Å²) in [5.41, 5.74) is 1.10. The first-order chi connectivity index (χ1) is 10.5. The molecule has 1 aromatic rings. The smallest absolute Gasteiger partial charge is 0.337 e. The van der Waals surface area contributed by atoms with Crippen LogP contribution < -0.4 is 15.4 Å². The highest BCUT2D eigenvalue weighted by molar-refractivity contribution is 5.95. The van der Waals surface area contributed by atoms with Gasteiger partial charge in [0.1, 0.15) is 5.75 Å². The molecule has 0 bridgehead atoms. The van der Waals surface area contributed by atoms with Gasteiger partial charge in [-0.25, -0.2) is 9.59 Å². The highest BCUT2D eigenvalue weighted by Crippen LogP contribution is 2.20. The zero-order chi connectivity index (χ0) is 16.1. The Morgan fingerprint density at radius 1 is 1.27 bits per heavy atom. The van der Waals surface area contributed by atoms with Crippen LogP contribution in [0.1, 0.15) is 28.8 Å². The number of hydrogen-bond acceptors (Lipinski definition) is 5. The molecule has 3 amide bonds. The molecule has 1 aliphatic carbocycles. The van der Waals surface area contributed by atoms with Crippen LogP contribution in [-0.4, -0.2) is 37.7 Å². The second-order valence-corrected chi connectivity index (χ2v) is 5.06. The highest BCUT2D eigenvalue weighted by Gasteiger charge is 2.24. The molecular formula is C15H18N2O5. The van der Waals surface area contributed by atoms with E-state index in [1.165, 1.54) is 13.2 Å². The summed E-state index contributed by atoms with van der Waals surface area (Å²) in [4.78, 5) is 34.5. The van der Waals surface area contributed by atoms with Gasteiger partial charge in [0.15, 0.2) is 6.61 Å². The molecule has 0 unspecified atom stereocenters. The van der Waals surface area contributed by atoms with Crippen LogP contribution >= 0.6 is 0 Å². The third-order valence-corrected chi connectivity index (χ3v) is 3.13. The normalized spacial score (nSPS) is 13.2. The van der Waals surface area contributed by atoms with E-state index in [4.69, 9.17) is 4.74 Å². The number of carbonyl (C=O) groups is 3. The van der Waals surface area contributed by atoms with Crippen LogP contribution in [0.5, 0.6) is 5.75 Å². The van der Waals surface area contributed by atoms with Crippen molar-refractivity contribution in [1.29, 1.82) is 0 Å². The topological polar surface area (TPSA) is 93.7 Å². The van der Waals surface area contributed by atoms with E-state index >= 15 is 0 Å². The number of benzene rings is 1. The molecule has 1 fully saturated rings. The first-order valence-electron chi connectivity index (χ1n) is 6.91. The minimum absolute atomic E-state index is 0.174. The number of nitrogens with one attached hydrogen (secondary N) is 2. The molecule has 22 heavy (non-hydrogen) atoms. The quantitative estimate of drug-likeness (QED) is 0.796. The number of urea groups is 1. The van der Waals surface area contributed by atoms with Gasteiger partial charge in [0.2, 0.25) is 0 Å². The van der Waals surface area contributed by atoms with E-state index in [9.17, 15) is 14.4 Å². The molecule has 0 atom stereocenters. The predicted octanol–water partition coefficient (Wildman–Crippen LogP) is 1.15. The van der Waals surface area contributed by atoms with Gasteiger partial charge in [0, 0.05) is 6.04 Å². The van der Waals surface area contributed by atoms with Crippen LogP contribution in [0.4, 0.5) is 4.79 Å². The lowest BCUT2D eigenvalue weighted by molar-refractivity contribution is -0.122. The summed E-state index contributed by atoms with van der Waals surface area (Å²) in [6.07, 6.45) is 1.88. The molecule has 0 spiro atoms. The van der Waals surface area contributed by atoms with Crippen LogP contribution in [0.3, 0.4) is 0 Å². The van der Waals surface area contributed by atoms with Gasteiger partial charge in [-0.05, 0) is 37.5 Å².